The molecule has 2 aromatic carbocycles. The molecule has 1 amide bonds. The largest absolute Gasteiger partial charge is 0.484 e. The molecule has 3 rings (SSSR count). The van der Waals surface area contributed by atoms with Crippen LogP contribution in [0.1, 0.15) is 16.9 Å². The lowest BCUT2D eigenvalue weighted by Gasteiger charge is -2.09. The molecule has 0 saturated heterocycles. The van der Waals surface area contributed by atoms with E-state index in [4.69, 9.17) is 19.2 Å². The summed E-state index contributed by atoms with van der Waals surface area (Å²) < 4.78 is 16.3. The van der Waals surface area contributed by atoms with Crippen LogP contribution in [-0.2, 0) is 29.2 Å². The Labute approximate surface area is 163 Å². The molecule has 0 aliphatic heterocycles. The highest BCUT2D eigenvalue weighted by Crippen LogP contribution is 2.14. The summed E-state index contributed by atoms with van der Waals surface area (Å²) in [6.07, 6.45) is 1.96. The highest BCUT2D eigenvalue weighted by atomic mass is 16.5. The average molecular weight is 376 g/mol. The molecule has 0 aliphatic rings. The second-order valence-electron chi connectivity index (χ2n) is 6.09. The minimum atomic E-state index is -0.255. The maximum Gasteiger partial charge on any atom is 0.262 e. The lowest BCUT2D eigenvalue weighted by atomic mass is 10.2. The topological polar surface area (TPSA) is 84.5 Å². The predicted octanol–water partition coefficient (Wildman–Crippen LogP) is 4.08. The fraction of sp³-hybridized carbons (Fsp3) is 0.182. The van der Waals surface area contributed by atoms with E-state index in [-0.39, 0.29) is 12.5 Å². The zero-order valence-electron chi connectivity index (χ0n) is 15.3. The molecule has 0 unspecified atom stereocenters. The molecule has 0 atom stereocenters. The first-order chi connectivity index (χ1) is 13.7. The van der Waals surface area contributed by atoms with Gasteiger partial charge in [0.25, 0.3) is 5.91 Å². The monoisotopic (exact) mass is 376 g/mol. The van der Waals surface area contributed by atoms with Crippen LogP contribution in [0.25, 0.3) is 0 Å². The first kappa shape index (κ1) is 19.2. The second kappa shape index (κ2) is 9.95. The molecular formula is C22H20N2O4. The number of carbonyl (C=O) groups excluding carboxylic acids is 1. The third-order valence-electron chi connectivity index (χ3n) is 3.88. The Morgan fingerprint density at radius 2 is 1.89 bits per heavy atom. The molecule has 0 spiro atoms. The van der Waals surface area contributed by atoms with Crippen molar-refractivity contribution < 1.29 is 18.7 Å². The predicted molar refractivity (Wildman–Crippen MR) is 104 cm³/mol. The van der Waals surface area contributed by atoms with E-state index in [1.807, 2.05) is 48.5 Å². The second-order valence-corrected chi connectivity index (χ2v) is 6.09. The Hall–Kier alpha value is -3.56. The van der Waals surface area contributed by atoms with Crippen LogP contribution in [-0.4, -0.2) is 12.5 Å². The number of hydrogen-bond donors (Lipinski definition) is 1. The van der Waals surface area contributed by atoms with Crippen LogP contribution in [0.3, 0.4) is 0 Å². The summed E-state index contributed by atoms with van der Waals surface area (Å²) in [6.45, 7) is 0.706. The van der Waals surface area contributed by atoms with Crippen LogP contribution in [0.2, 0.25) is 0 Å². The Kier molecular flexibility index (Phi) is 6.83. The van der Waals surface area contributed by atoms with Gasteiger partial charge in [0.1, 0.15) is 18.1 Å². The summed E-state index contributed by atoms with van der Waals surface area (Å²) in [7, 11) is 0. The van der Waals surface area contributed by atoms with Gasteiger partial charge >= 0.3 is 0 Å². The molecule has 28 heavy (non-hydrogen) atoms. The lowest BCUT2D eigenvalue weighted by molar-refractivity contribution is -0.118. The maximum atomic E-state index is 12.1. The molecular weight excluding hydrogens is 356 g/mol. The number of benzene rings is 2. The van der Waals surface area contributed by atoms with E-state index in [2.05, 4.69) is 11.4 Å². The zero-order chi connectivity index (χ0) is 19.6. The average Bonchev–Trinajstić information content (AvgIpc) is 3.22. The van der Waals surface area contributed by atoms with E-state index in [0.717, 1.165) is 16.9 Å². The van der Waals surface area contributed by atoms with Crippen LogP contribution < -0.4 is 10.1 Å². The number of nitrogens with one attached hydrogen (secondary N) is 1. The van der Waals surface area contributed by atoms with Gasteiger partial charge in [-0.3, -0.25) is 4.79 Å². The van der Waals surface area contributed by atoms with Crippen LogP contribution in [0.4, 0.5) is 5.69 Å². The number of rotatable bonds is 9. The summed E-state index contributed by atoms with van der Waals surface area (Å²) in [5, 5.41) is 11.5. The van der Waals surface area contributed by atoms with Crippen molar-refractivity contribution in [3.63, 3.8) is 0 Å². The fourth-order valence-corrected chi connectivity index (χ4v) is 2.54. The van der Waals surface area contributed by atoms with Crippen molar-refractivity contribution in [2.24, 2.45) is 0 Å². The standard InChI is InChI=1S/C22H20N2O4/c23-11-10-17-6-8-20(9-7-17)28-16-22(25)24-19-4-1-3-18(13-19)14-26-15-21-5-2-12-27-21/h1-9,12-13H,10,14-16H2,(H,24,25). The molecule has 0 aliphatic carbocycles. The van der Waals surface area contributed by atoms with Crippen molar-refractivity contribution in [1.82, 2.24) is 0 Å². The molecule has 1 heterocycles. The molecule has 0 radical (unpaired) electrons. The highest BCUT2D eigenvalue weighted by molar-refractivity contribution is 5.91. The molecule has 1 N–H and O–H groups in total. The Morgan fingerprint density at radius 3 is 2.64 bits per heavy atom. The van der Waals surface area contributed by atoms with E-state index in [1.165, 1.54) is 0 Å². The molecule has 142 valence electrons. The first-order valence-electron chi connectivity index (χ1n) is 8.80. The van der Waals surface area contributed by atoms with Crippen molar-refractivity contribution in [3.05, 3.63) is 83.8 Å². The summed E-state index contributed by atoms with van der Waals surface area (Å²) in [5.74, 6) is 1.09. The van der Waals surface area contributed by atoms with Crippen LogP contribution in [0.15, 0.2) is 71.3 Å². The van der Waals surface area contributed by atoms with Crippen molar-refractivity contribution in [2.75, 3.05) is 11.9 Å². The van der Waals surface area contributed by atoms with Gasteiger partial charge in [-0.05, 0) is 47.5 Å². The summed E-state index contributed by atoms with van der Waals surface area (Å²) in [4.78, 5) is 12.1. The summed E-state index contributed by atoms with van der Waals surface area (Å²) in [6, 6.07) is 20.3. The lowest BCUT2D eigenvalue weighted by Crippen LogP contribution is -2.20. The molecule has 1 aromatic heterocycles. The molecule has 0 fully saturated rings. The van der Waals surface area contributed by atoms with E-state index in [0.29, 0.717) is 31.1 Å². The van der Waals surface area contributed by atoms with Crippen LogP contribution in [0, 0.1) is 11.3 Å². The van der Waals surface area contributed by atoms with Crippen molar-refractivity contribution >= 4 is 11.6 Å². The smallest absolute Gasteiger partial charge is 0.262 e. The minimum absolute atomic E-state index is 0.100. The van der Waals surface area contributed by atoms with Gasteiger partial charge in [-0.2, -0.15) is 5.26 Å². The van der Waals surface area contributed by atoms with Gasteiger partial charge in [-0.1, -0.05) is 24.3 Å². The Balaban J connectivity index is 1.45. The summed E-state index contributed by atoms with van der Waals surface area (Å²) in [5.41, 5.74) is 2.53. The molecule has 0 saturated carbocycles. The molecule has 0 bridgehead atoms. The van der Waals surface area contributed by atoms with Gasteiger partial charge in [0.2, 0.25) is 0 Å². The maximum absolute atomic E-state index is 12.1. The van der Waals surface area contributed by atoms with Crippen molar-refractivity contribution in [3.8, 4) is 11.8 Å². The van der Waals surface area contributed by atoms with Gasteiger partial charge in [-0.25, -0.2) is 0 Å². The van der Waals surface area contributed by atoms with E-state index >= 15 is 0 Å². The van der Waals surface area contributed by atoms with Crippen LogP contribution >= 0.6 is 0 Å². The minimum Gasteiger partial charge on any atom is -0.484 e. The number of furan rings is 1. The number of hydrogen-bond acceptors (Lipinski definition) is 5. The number of carbonyl (C=O) groups is 1. The van der Waals surface area contributed by atoms with Gasteiger partial charge in [-0.15, -0.1) is 0 Å². The Morgan fingerprint density at radius 1 is 1.04 bits per heavy atom. The molecule has 6 heteroatoms. The van der Waals surface area contributed by atoms with Gasteiger partial charge in [0.15, 0.2) is 6.61 Å². The van der Waals surface area contributed by atoms with Gasteiger partial charge in [0.05, 0.1) is 25.4 Å². The fourth-order valence-electron chi connectivity index (χ4n) is 2.54. The van der Waals surface area contributed by atoms with Crippen LogP contribution in [0.5, 0.6) is 5.75 Å². The quantitative estimate of drug-likeness (QED) is 0.608. The third kappa shape index (κ3) is 6.01. The van der Waals surface area contributed by atoms with E-state index in [9.17, 15) is 4.79 Å². The van der Waals surface area contributed by atoms with E-state index < -0.39 is 0 Å². The number of nitrogens with zero attached hydrogens (tertiary/aromatic N) is 1. The van der Waals surface area contributed by atoms with Crippen molar-refractivity contribution in [1.29, 1.82) is 5.26 Å². The third-order valence-corrected chi connectivity index (χ3v) is 3.88. The van der Waals surface area contributed by atoms with Gasteiger partial charge < -0.3 is 19.2 Å². The number of ether oxygens (including phenoxy) is 2. The van der Waals surface area contributed by atoms with Gasteiger partial charge in [0, 0.05) is 5.69 Å². The van der Waals surface area contributed by atoms with Crippen molar-refractivity contribution in [2.45, 2.75) is 19.6 Å². The van der Waals surface area contributed by atoms with E-state index in [1.54, 1.807) is 18.4 Å². The SMILES string of the molecule is N#CCc1ccc(OCC(=O)Nc2cccc(COCc3ccco3)c2)cc1. The zero-order valence-corrected chi connectivity index (χ0v) is 15.3. The number of amides is 1. The number of nitriles is 1. The molecule has 3 aromatic rings. The summed E-state index contributed by atoms with van der Waals surface area (Å²) >= 11 is 0. The molecule has 6 nitrogen and oxygen atoms in total. The first-order valence-corrected chi connectivity index (χ1v) is 8.80. The highest BCUT2D eigenvalue weighted by Gasteiger charge is 2.05. The normalized spacial score (nSPS) is 10.2. The Bertz CT molecular complexity index is 928. The number of anilines is 1.